The molecule has 12 rings (SSSR count). The second-order valence-electron chi connectivity index (χ2n) is 13.7. The molecule has 0 bridgehead atoms. The number of fused-ring (bicyclic) bond motifs is 10. The molecule has 0 N–H and O–H groups in total. The van der Waals surface area contributed by atoms with E-state index < -0.39 is 6.51 Å². The summed E-state index contributed by atoms with van der Waals surface area (Å²) in [7, 11) is 1.80. The third-order valence-corrected chi connectivity index (χ3v) is 68.4. The molecule has 144 valence electrons. The zero-order valence-electron chi connectivity index (χ0n) is 16.2. The molecule has 0 amide bonds. The van der Waals surface area contributed by atoms with Crippen molar-refractivity contribution in [2.75, 3.05) is 7.11 Å². The van der Waals surface area contributed by atoms with E-state index in [1.807, 2.05) is 7.11 Å². The molecular weight excluding hydrogens is 403 g/mol. The van der Waals surface area contributed by atoms with Crippen molar-refractivity contribution in [3.8, 4) is 0 Å². The molecule has 10 aliphatic heterocycles. The van der Waals surface area contributed by atoms with Gasteiger partial charge in [0.2, 0.25) is 0 Å². The van der Waals surface area contributed by atoms with Crippen molar-refractivity contribution in [1.29, 1.82) is 0 Å². The molecule has 10 fully saturated rings. The van der Waals surface area contributed by atoms with Crippen LogP contribution in [0.1, 0.15) is 6.92 Å². The van der Waals surface area contributed by atoms with E-state index >= 15 is 0 Å². The Morgan fingerprint density at radius 1 is 0.786 bits per heavy atom. The van der Waals surface area contributed by atoms with Gasteiger partial charge >= 0.3 is 157 Å². The first-order valence-corrected chi connectivity index (χ1v) is 18.7. The second kappa shape index (κ2) is 1.59. The van der Waals surface area contributed by atoms with Crippen LogP contribution in [-0.2, 0) is 11.2 Å². The molecule has 0 aromatic heterocycles. The standard InChI is InChI=1S/C20H20OP.C5H5.Fe/c1-16(21-2)19-14-9-15-20(19)22(17-10-5-3-6-11-17)18-12-7-4-8-13-18;1-2-4-5-3-1;/h3-16H,1-2H3;1-5H;. The summed E-state index contributed by atoms with van der Waals surface area (Å²) in [6, 6.07) is 23.7. The predicted octanol–water partition coefficient (Wildman–Crippen LogP) is 5.82. The van der Waals surface area contributed by atoms with Crippen LogP contribution in [-0.4, -0.2) is 17.3 Å². The Morgan fingerprint density at radius 2 is 1.29 bits per heavy atom. The summed E-state index contributed by atoms with van der Waals surface area (Å²) in [6.45, 7) is -0.998. The fraction of sp³-hybridized carbons (Fsp3) is 0.520. The number of hydrogen-bond acceptors (Lipinski definition) is 1. The Labute approximate surface area is 157 Å². The van der Waals surface area contributed by atoms with Gasteiger partial charge < -0.3 is 0 Å². The molecule has 6 atom stereocenters. The van der Waals surface area contributed by atoms with Crippen LogP contribution >= 0.6 is 7.92 Å². The van der Waals surface area contributed by atoms with Crippen LogP contribution in [0.5, 0.6) is 0 Å². The molecular formula is C25H25FeOP. The van der Waals surface area contributed by atoms with Crippen LogP contribution in [0.3, 0.4) is 0 Å². The average Bonchev–Trinajstić information content (AvgIpc) is 3.69. The molecule has 0 saturated carbocycles. The number of benzene rings is 2. The van der Waals surface area contributed by atoms with Gasteiger partial charge in [-0.3, -0.25) is 0 Å². The Kier molecular flexibility index (Phi) is 0.731. The topological polar surface area (TPSA) is 9.23 Å². The fourth-order valence-electron chi connectivity index (χ4n) is 20.3. The van der Waals surface area contributed by atoms with E-state index in [9.17, 15) is 0 Å². The third-order valence-electron chi connectivity index (χ3n) is 18.2. The summed E-state index contributed by atoms with van der Waals surface area (Å²) < 4.78 is 7.88. The number of hydrogen-bond donors (Lipinski definition) is 0. The maximum absolute atomic E-state index is 6.37. The van der Waals surface area contributed by atoms with Crippen LogP contribution < -0.4 is 10.6 Å². The van der Waals surface area contributed by atoms with Crippen molar-refractivity contribution in [2.45, 2.75) is 59.9 Å². The molecule has 10 aliphatic rings. The molecule has 10 heterocycles. The molecule has 2 aromatic rings. The molecule has 5 unspecified atom stereocenters. The van der Waals surface area contributed by atoms with Gasteiger partial charge in [-0.2, -0.15) is 0 Å². The molecule has 3 heteroatoms. The van der Waals surface area contributed by atoms with E-state index in [1.165, 1.54) is 38.5 Å². The second-order valence-corrected chi connectivity index (χ2v) is 39.7. The van der Waals surface area contributed by atoms with E-state index in [1.54, 1.807) is 10.6 Å². The summed E-state index contributed by atoms with van der Waals surface area (Å²) in [4.78, 5) is 10.4. The predicted molar refractivity (Wildman–Crippen MR) is 111 cm³/mol. The quantitative estimate of drug-likeness (QED) is 0.431. The van der Waals surface area contributed by atoms with E-state index in [0.29, 0.717) is 6.10 Å². The van der Waals surface area contributed by atoms with Crippen molar-refractivity contribution in [1.82, 2.24) is 0 Å². The zero-order chi connectivity index (χ0) is 18.0. The summed E-state index contributed by atoms with van der Waals surface area (Å²) >= 11 is 0. The maximum atomic E-state index is 6.37. The van der Waals surface area contributed by atoms with Crippen LogP contribution in [0.2, 0.25) is 42.8 Å². The van der Waals surface area contributed by atoms with Crippen molar-refractivity contribution in [2.24, 2.45) is 0 Å². The van der Waals surface area contributed by atoms with Gasteiger partial charge in [0.25, 0.3) is 0 Å². The van der Waals surface area contributed by atoms with Gasteiger partial charge in [-0.15, -0.1) is 0 Å². The van der Waals surface area contributed by atoms with Crippen LogP contribution in [0.15, 0.2) is 60.7 Å². The van der Waals surface area contributed by atoms with Crippen LogP contribution in [0, 0.1) is 0 Å². The molecule has 1 spiro atoms. The Bertz CT molecular complexity index is 1510. The van der Waals surface area contributed by atoms with Crippen molar-refractivity contribution < 1.29 is 11.2 Å². The van der Waals surface area contributed by atoms with Crippen molar-refractivity contribution >= 4 is 18.5 Å². The number of ether oxygens (including phenoxy) is 1. The molecule has 28 heavy (non-hydrogen) atoms. The van der Waals surface area contributed by atoms with Crippen molar-refractivity contribution in [3.63, 3.8) is 0 Å². The third kappa shape index (κ3) is 0.215. The molecule has 0 radical (unpaired) electrons. The normalized spacial score (nSPS) is 80.8. The summed E-state index contributed by atoms with van der Waals surface area (Å²) in [5.41, 5.74) is 0. The molecule has 0 aliphatic carbocycles. The van der Waals surface area contributed by atoms with Gasteiger partial charge in [0.15, 0.2) is 0 Å². The Morgan fingerprint density at radius 3 is 1.68 bits per heavy atom. The van der Waals surface area contributed by atoms with E-state index in [4.69, 9.17) is 4.74 Å². The minimum absolute atomic E-state index is 0.235. The summed E-state index contributed by atoms with van der Waals surface area (Å²) in [5, 5.41) is 3.39. The first kappa shape index (κ1) is 12.9. The fourth-order valence-corrected chi connectivity index (χ4v) is 112. The van der Waals surface area contributed by atoms with Gasteiger partial charge in [0.1, 0.15) is 0 Å². The monoisotopic (exact) mass is 428 g/mol. The number of rotatable bonds is 5. The average molecular weight is 428 g/mol. The Hall–Kier alpha value is -0.651. The van der Waals surface area contributed by atoms with Crippen molar-refractivity contribution in [3.05, 3.63) is 60.7 Å². The van der Waals surface area contributed by atoms with Gasteiger partial charge in [-0.1, -0.05) is 0 Å². The Balaban J connectivity index is 1.30. The van der Waals surface area contributed by atoms with E-state index in [0.717, 1.165) is 8.37 Å². The first-order chi connectivity index (χ1) is 13.5. The minimum atomic E-state index is -3.52. The van der Waals surface area contributed by atoms with Gasteiger partial charge in [-0.25, -0.2) is 0 Å². The van der Waals surface area contributed by atoms with Gasteiger partial charge in [0, 0.05) is 0 Å². The molecule has 1 nitrogen and oxygen atoms in total. The summed E-state index contributed by atoms with van der Waals surface area (Å²) in [6.07, 6.45) is 0.536. The SMILES string of the molecule is COC(C)[C@@]12[CH]3[CH]4[CH]5[C]1(P(c1ccccc1)c1ccccc1)[Fe]45321678[CH]2[CH]1[CH]6[CH]7[CH]28. The first-order valence-electron chi connectivity index (χ1n) is 11.1. The molecule has 10 saturated heterocycles. The van der Waals surface area contributed by atoms with Crippen LogP contribution in [0.4, 0.5) is 0 Å². The number of methoxy groups -OCH3 is 1. The van der Waals surface area contributed by atoms with Gasteiger partial charge in [0.05, 0.1) is 0 Å². The summed E-state index contributed by atoms with van der Waals surface area (Å²) in [5.74, 6) is 0. The molecule has 2 aromatic carbocycles. The zero-order valence-corrected chi connectivity index (χ0v) is 18.2. The van der Waals surface area contributed by atoms with E-state index in [2.05, 4.69) is 67.6 Å². The van der Waals surface area contributed by atoms with Gasteiger partial charge in [-0.05, 0) is 0 Å². The van der Waals surface area contributed by atoms with Crippen LogP contribution in [0.25, 0.3) is 0 Å². The van der Waals surface area contributed by atoms with E-state index in [-0.39, 0.29) is 7.92 Å².